The lowest BCUT2D eigenvalue weighted by Crippen LogP contribution is -2.35. The zero-order valence-electron chi connectivity index (χ0n) is 13.0. The standard InChI is InChI=1S/C17H18FN3O2S/c18-15-5-1-2-6-16(15)24(22,23)21-10-12-4-3-7-20-17(12)14-9-19-8-13(14)11-21/h1-7,13-14,19H,8-11H2/t13-,14+/m0/s1. The third-order valence-electron chi connectivity index (χ3n) is 4.86. The van der Waals surface area contributed by atoms with Gasteiger partial charge in [-0.15, -0.1) is 0 Å². The molecule has 2 aromatic rings. The number of sulfonamides is 1. The maximum absolute atomic E-state index is 14.1. The molecule has 0 unspecified atom stereocenters. The van der Waals surface area contributed by atoms with E-state index in [9.17, 15) is 12.8 Å². The summed E-state index contributed by atoms with van der Waals surface area (Å²) in [5, 5.41) is 3.32. The van der Waals surface area contributed by atoms with E-state index in [1.54, 1.807) is 12.3 Å². The number of hydrogen-bond acceptors (Lipinski definition) is 4. The van der Waals surface area contributed by atoms with E-state index in [0.717, 1.165) is 24.3 Å². The van der Waals surface area contributed by atoms with Gasteiger partial charge in [0.1, 0.15) is 10.7 Å². The van der Waals surface area contributed by atoms with E-state index in [2.05, 4.69) is 10.3 Å². The lowest BCUT2D eigenvalue weighted by molar-refractivity contribution is 0.348. The van der Waals surface area contributed by atoms with Gasteiger partial charge in [-0.3, -0.25) is 4.98 Å². The van der Waals surface area contributed by atoms with E-state index >= 15 is 0 Å². The predicted octanol–water partition coefficient (Wildman–Crippen LogP) is 1.73. The first-order chi connectivity index (χ1) is 11.6. The molecule has 7 heteroatoms. The third kappa shape index (κ3) is 2.53. The van der Waals surface area contributed by atoms with E-state index in [1.807, 2.05) is 12.1 Å². The van der Waals surface area contributed by atoms with Crippen LogP contribution in [-0.2, 0) is 16.6 Å². The molecule has 1 saturated heterocycles. The maximum Gasteiger partial charge on any atom is 0.246 e. The monoisotopic (exact) mass is 347 g/mol. The molecule has 126 valence electrons. The molecule has 0 amide bonds. The van der Waals surface area contributed by atoms with E-state index in [-0.39, 0.29) is 23.3 Å². The van der Waals surface area contributed by atoms with Crippen molar-refractivity contribution < 1.29 is 12.8 Å². The van der Waals surface area contributed by atoms with Crippen molar-refractivity contribution in [2.75, 3.05) is 19.6 Å². The molecule has 0 saturated carbocycles. The van der Waals surface area contributed by atoms with Crippen molar-refractivity contribution in [3.8, 4) is 0 Å². The topological polar surface area (TPSA) is 62.3 Å². The molecule has 3 heterocycles. The van der Waals surface area contributed by atoms with Gasteiger partial charge in [0.05, 0.1) is 0 Å². The molecule has 24 heavy (non-hydrogen) atoms. The second-order valence-corrected chi connectivity index (χ2v) is 8.21. The van der Waals surface area contributed by atoms with Gasteiger partial charge in [0.25, 0.3) is 0 Å². The van der Waals surface area contributed by atoms with Crippen molar-refractivity contribution in [3.05, 3.63) is 59.7 Å². The van der Waals surface area contributed by atoms with Crippen molar-refractivity contribution in [3.63, 3.8) is 0 Å². The van der Waals surface area contributed by atoms with Gasteiger partial charge in [0.2, 0.25) is 10.0 Å². The molecule has 0 spiro atoms. The van der Waals surface area contributed by atoms with Crippen LogP contribution in [0.2, 0.25) is 0 Å². The Morgan fingerprint density at radius 2 is 2.00 bits per heavy atom. The fourth-order valence-electron chi connectivity index (χ4n) is 3.66. The highest BCUT2D eigenvalue weighted by Crippen LogP contribution is 2.35. The number of nitrogens with one attached hydrogen (secondary N) is 1. The van der Waals surface area contributed by atoms with Gasteiger partial charge in [-0.25, -0.2) is 12.8 Å². The molecule has 1 N–H and O–H groups in total. The van der Waals surface area contributed by atoms with Gasteiger partial charge in [0, 0.05) is 37.4 Å². The average Bonchev–Trinajstić information content (AvgIpc) is 2.97. The molecule has 0 radical (unpaired) electrons. The Kier molecular flexibility index (Phi) is 3.86. The minimum Gasteiger partial charge on any atom is -0.316 e. The number of hydrogen-bond donors (Lipinski definition) is 1. The normalized spacial score (nSPS) is 24.2. The van der Waals surface area contributed by atoms with Crippen LogP contribution in [0.25, 0.3) is 0 Å². The average molecular weight is 347 g/mol. The van der Waals surface area contributed by atoms with Crippen LogP contribution in [-0.4, -0.2) is 37.3 Å². The Hall–Kier alpha value is -1.83. The predicted molar refractivity (Wildman–Crippen MR) is 87.3 cm³/mol. The summed E-state index contributed by atoms with van der Waals surface area (Å²) in [6, 6.07) is 9.27. The molecule has 2 aliphatic rings. The summed E-state index contributed by atoms with van der Waals surface area (Å²) < 4.78 is 41.5. The van der Waals surface area contributed by atoms with Gasteiger partial charge < -0.3 is 5.32 Å². The van der Waals surface area contributed by atoms with Gasteiger partial charge in [0.15, 0.2) is 0 Å². The summed E-state index contributed by atoms with van der Waals surface area (Å²) in [4.78, 5) is 4.23. The first-order valence-electron chi connectivity index (χ1n) is 7.96. The van der Waals surface area contributed by atoms with E-state index in [1.165, 1.54) is 22.5 Å². The van der Waals surface area contributed by atoms with Crippen LogP contribution in [0.15, 0.2) is 47.5 Å². The van der Waals surface area contributed by atoms with Crippen molar-refractivity contribution in [1.82, 2.24) is 14.6 Å². The van der Waals surface area contributed by atoms with Crippen molar-refractivity contribution in [2.45, 2.75) is 17.4 Å². The summed E-state index contributed by atoms with van der Waals surface area (Å²) in [6.07, 6.45) is 1.75. The first-order valence-corrected chi connectivity index (χ1v) is 9.40. The number of nitrogens with zero attached hydrogens (tertiary/aromatic N) is 2. The maximum atomic E-state index is 14.1. The summed E-state index contributed by atoms with van der Waals surface area (Å²) in [6.45, 7) is 2.13. The zero-order valence-corrected chi connectivity index (χ0v) is 13.8. The van der Waals surface area contributed by atoms with Crippen LogP contribution < -0.4 is 5.32 Å². The number of fused-ring (bicyclic) bond motifs is 3. The number of halogens is 1. The Labute approximate surface area is 140 Å². The molecule has 1 aromatic carbocycles. The van der Waals surface area contributed by atoms with Gasteiger partial charge in [-0.1, -0.05) is 18.2 Å². The number of pyridine rings is 1. The van der Waals surface area contributed by atoms with Gasteiger partial charge in [-0.05, 0) is 36.2 Å². The van der Waals surface area contributed by atoms with E-state index in [0.29, 0.717) is 6.54 Å². The quantitative estimate of drug-likeness (QED) is 0.899. The SMILES string of the molecule is O=S(=O)(c1ccccc1F)N1Cc2cccnc2[C@@H]2CNC[C@H]2C1. The Morgan fingerprint density at radius 1 is 1.17 bits per heavy atom. The summed E-state index contributed by atoms with van der Waals surface area (Å²) in [7, 11) is -3.89. The molecular formula is C17H18FN3O2S. The summed E-state index contributed by atoms with van der Waals surface area (Å²) >= 11 is 0. The molecule has 5 nitrogen and oxygen atoms in total. The molecular weight excluding hydrogens is 329 g/mol. The highest BCUT2D eigenvalue weighted by atomic mass is 32.2. The Bertz CT molecular complexity index is 872. The second kappa shape index (κ2) is 5.91. The van der Waals surface area contributed by atoms with Crippen LogP contribution >= 0.6 is 0 Å². The van der Waals surface area contributed by atoms with Crippen molar-refractivity contribution in [1.29, 1.82) is 0 Å². The van der Waals surface area contributed by atoms with E-state index in [4.69, 9.17) is 0 Å². The lowest BCUT2D eigenvalue weighted by atomic mass is 9.91. The molecule has 2 atom stereocenters. The van der Waals surface area contributed by atoms with E-state index < -0.39 is 15.8 Å². The van der Waals surface area contributed by atoms with Crippen molar-refractivity contribution in [2.24, 2.45) is 5.92 Å². The smallest absolute Gasteiger partial charge is 0.246 e. The first kappa shape index (κ1) is 15.7. The third-order valence-corrected chi connectivity index (χ3v) is 6.70. The Morgan fingerprint density at radius 3 is 2.83 bits per heavy atom. The molecule has 2 aliphatic heterocycles. The fourth-order valence-corrected chi connectivity index (χ4v) is 5.20. The number of benzene rings is 1. The highest BCUT2D eigenvalue weighted by molar-refractivity contribution is 7.89. The molecule has 1 fully saturated rings. The fraction of sp³-hybridized carbons (Fsp3) is 0.353. The molecule has 1 aromatic heterocycles. The van der Waals surface area contributed by atoms with Crippen LogP contribution in [0.4, 0.5) is 4.39 Å². The largest absolute Gasteiger partial charge is 0.316 e. The zero-order chi connectivity index (χ0) is 16.7. The van der Waals surface area contributed by atoms with Gasteiger partial charge >= 0.3 is 0 Å². The second-order valence-electron chi connectivity index (χ2n) is 6.30. The minimum atomic E-state index is -3.89. The highest BCUT2D eigenvalue weighted by Gasteiger charge is 2.39. The van der Waals surface area contributed by atoms with Gasteiger partial charge in [-0.2, -0.15) is 4.31 Å². The summed E-state index contributed by atoms with van der Waals surface area (Å²) in [5.74, 6) is -0.376. The lowest BCUT2D eigenvalue weighted by Gasteiger charge is -2.23. The van der Waals surface area contributed by atoms with Crippen molar-refractivity contribution >= 4 is 10.0 Å². The molecule has 0 aliphatic carbocycles. The summed E-state index contributed by atoms with van der Waals surface area (Å²) in [5.41, 5.74) is 1.85. The van der Waals surface area contributed by atoms with Crippen LogP contribution in [0.3, 0.4) is 0 Å². The number of aromatic nitrogens is 1. The number of rotatable bonds is 2. The molecule has 4 rings (SSSR count). The van der Waals surface area contributed by atoms with Crippen LogP contribution in [0.5, 0.6) is 0 Å². The Balaban J connectivity index is 1.78. The molecule has 0 bridgehead atoms. The van der Waals surface area contributed by atoms with Crippen LogP contribution in [0.1, 0.15) is 17.2 Å². The minimum absolute atomic E-state index is 0.141. The van der Waals surface area contributed by atoms with Crippen LogP contribution in [0, 0.1) is 11.7 Å².